The van der Waals surface area contributed by atoms with E-state index in [4.69, 9.17) is 20.9 Å². The third-order valence-corrected chi connectivity index (χ3v) is 13.6. The summed E-state index contributed by atoms with van der Waals surface area (Å²) >= 11 is 0. The van der Waals surface area contributed by atoms with Gasteiger partial charge >= 0.3 is 0 Å². The predicted molar refractivity (Wildman–Crippen MR) is 192 cm³/mol. The van der Waals surface area contributed by atoms with Crippen molar-refractivity contribution in [3.63, 3.8) is 0 Å². The smallest absolute Gasteiger partial charge is 0.220 e. The molecule has 0 heterocycles. The zero-order valence-electron chi connectivity index (χ0n) is 29.5. The van der Waals surface area contributed by atoms with E-state index >= 15 is 0 Å². The molecule has 10 atom stereocenters. The summed E-state index contributed by atoms with van der Waals surface area (Å²) in [6.07, 6.45) is 14.9. The van der Waals surface area contributed by atoms with Crippen LogP contribution in [0.25, 0.3) is 0 Å². The normalized spacial score (nSPS) is 35.2. The Hall–Kier alpha value is -2.89. The minimum atomic E-state index is 0.130. The van der Waals surface area contributed by atoms with Crippen molar-refractivity contribution in [2.45, 2.75) is 123 Å². The number of hydrogen-bond donors (Lipinski definition) is 3. The van der Waals surface area contributed by atoms with Gasteiger partial charge in [-0.1, -0.05) is 52.7 Å². The molecule has 0 saturated heterocycles. The average molecular weight is 644 g/mol. The molecular weight excluding hydrogens is 582 g/mol. The Bertz CT molecular complexity index is 1360. The van der Waals surface area contributed by atoms with Crippen LogP contribution in [0.4, 0.5) is 11.4 Å². The average Bonchev–Trinajstić information content (AvgIpc) is 3.40. The molecule has 0 spiro atoms. The standard InChI is InChI=1S/C41H61N3O3/c1-5-6-7-22-44-39(45)17-14-27(2)34-15-16-35-33-26-38(47-31-13-9-11-29(43)24-31)37-25-32(46-30-12-8-10-28(42)23-30)18-20-41(37,4)36(33)19-21-40(34,35)3/h8-13,23-24,27,32-38H,5-7,14-22,25-26,42-43H2,1-4H3,(H,44,45)/t27-,32?,33+,34-,35+,36+,37?,38?,40-,41-/m1/s1. The highest BCUT2D eigenvalue weighted by atomic mass is 16.5. The van der Waals surface area contributed by atoms with Gasteiger partial charge < -0.3 is 26.3 Å². The Morgan fingerprint density at radius 2 is 1.55 bits per heavy atom. The van der Waals surface area contributed by atoms with E-state index in [0.717, 1.165) is 61.5 Å². The number of nitrogen functional groups attached to an aromatic ring is 2. The Morgan fingerprint density at radius 3 is 2.26 bits per heavy atom. The van der Waals surface area contributed by atoms with E-state index in [9.17, 15) is 4.79 Å². The van der Waals surface area contributed by atoms with Gasteiger partial charge in [0.25, 0.3) is 0 Å². The maximum atomic E-state index is 12.6. The Morgan fingerprint density at radius 1 is 0.872 bits per heavy atom. The fourth-order valence-corrected chi connectivity index (χ4v) is 11.2. The molecule has 4 aliphatic carbocycles. The zero-order chi connectivity index (χ0) is 33.2. The van der Waals surface area contributed by atoms with Crippen LogP contribution in [-0.2, 0) is 4.79 Å². The van der Waals surface area contributed by atoms with Gasteiger partial charge in [0.05, 0.1) is 6.10 Å². The van der Waals surface area contributed by atoms with Crippen LogP contribution in [0.15, 0.2) is 48.5 Å². The second kappa shape index (κ2) is 14.3. The lowest BCUT2D eigenvalue weighted by molar-refractivity contribution is -0.164. The Kier molecular flexibility index (Phi) is 10.3. The maximum Gasteiger partial charge on any atom is 0.220 e. The number of carbonyl (C=O) groups is 1. The van der Waals surface area contributed by atoms with Crippen LogP contribution in [0.3, 0.4) is 0 Å². The van der Waals surface area contributed by atoms with E-state index in [1.165, 1.54) is 44.9 Å². The van der Waals surface area contributed by atoms with Crippen LogP contribution in [0.1, 0.15) is 111 Å². The van der Waals surface area contributed by atoms with Crippen molar-refractivity contribution in [3.05, 3.63) is 48.5 Å². The summed E-state index contributed by atoms with van der Waals surface area (Å²) in [5.41, 5.74) is 14.4. The van der Waals surface area contributed by atoms with Crippen molar-refractivity contribution >= 4 is 17.3 Å². The van der Waals surface area contributed by atoms with Crippen LogP contribution < -0.4 is 26.3 Å². The molecule has 6 rings (SSSR count). The molecule has 6 heteroatoms. The predicted octanol–water partition coefficient (Wildman–Crippen LogP) is 9.04. The van der Waals surface area contributed by atoms with Gasteiger partial charge in [-0.25, -0.2) is 0 Å². The maximum absolute atomic E-state index is 12.6. The summed E-state index contributed by atoms with van der Waals surface area (Å²) in [4.78, 5) is 12.6. The third kappa shape index (κ3) is 7.13. The fraction of sp³-hybridized carbons (Fsp3) is 0.683. The first-order valence-corrected chi connectivity index (χ1v) is 18.9. The van der Waals surface area contributed by atoms with Crippen molar-refractivity contribution in [3.8, 4) is 11.5 Å². The first-order chi connectivity index (χ1) is 22.6. The molecule has 4 saturated carbocycles. The fourth-order valence-electron chi connectivity index (χ4n) is 11.2. The molecule has 4 aliphatic rings. The summed E-state index contributed by atoms with van der Waals surface area (Å²) in [6.45, 7) is 10.7. The molecule has 2 aromatic carbocycles. The number of nitrogens with two attached hydrogens (primary N) is 2. The van der Waals surface area contributed by atoms with Crippen molar-refractivity contribution < 1.29 is 14.3 Å². The van der Waals surface area contributed by atoms with E-state index in [2.05, 4.69) is 39.1 Å². The van der Waals surface area contributed by atoms with Gasteiger partial charge in [0.15, 0.2) is 0 Å². The number of unbranched alkanes of at least 4 members (excludes halogenated alkanes) is 2. The second-order valence-corrected chi connectivity index (χ2v) is 16.3. The molecular formula is C41H61N3O3. The summed E-state index contributed by atoms with van der Waals surface area (Å²) in [6, 6.07) is 15.9. The zero-order valence-corrected chi connectivity index (χ0v) is 29.5. The van der Waals surface area contributed by atoms with Gasteiger partial charge in [0.2, 0.25) is 5.91 Å². The van der Waals surface area contributed by atoms with Crippen molar-refractivity contribution in [2.24, 2.45) is 46.3 Å². The molecule has 258 valence electrons. The number of fused-ring (bicyclic) bond motifs is 5. The van der Waals surface area contributed by atoms with Crippen LogP contribution in [0.5, 0.6) is 11.5 Å². The molecule has 3 unspecified atom stereocenters. The topological polar surface area (TPSA) is 99.6 Å². The van der Waals surface area contributed by atoms with Crippen LogP contribution in [-0.4, -0.2) is 24.7 Å². The first kappa shape index (κ1) is 34.0. The minimum Gasteiger partial charge on any atom is -0.490 e. The highest BCUT2D eigenvalue weighted by molar-refractivity contribution is 5.75. The first-order valence-electron chi connectivity index (χ1n) is 18.9. The second-order valence-electron chi connectivity index (χ2n) is 16.3. The van der Waals surface area contributed by atoms with Gasteiger partial charge in [-0.2, -0.15) is 0 Å². The number of benzene rings is 2. The number of rotatable bonds is 12. The molecule has 2 aromatic rings. The minimum absolute atomic E-state index is 0.130. The number of ether oxygens (including phenoxy) is 2. The molecule has 6 nitrogen and oxygen atoms in total. The number of amides is 1. The molecule has 5 N–H and O–H groups in total. The van der Waals surface area contributed by atoms with E-state index in [1.54, 1.807) is 0 Å². The highest BCUT2D eigenvalue weighted by Gasteiger charge is 2.63. The Balaban J connectivity index is 1.19. The molecule has 4 fully saturated rings. The SMILES string of the molecule is CCCCCNC(=O)CC[C@@H](C)[C@H]1CC[C@H]2[C@@H]3CC(Oc4cccc(N)c4)C4CC(Oc5cccc(N)c5)CC[C@]4(C)[C@H]3CC[C@]12C. The number of carbonyl (C=O) groups excluding carboxylic acids is 1. The molecule has 0 bridgehead atoms. The highest BCUT2D eigenvalue weighted by Crippen LogP contribution is 2.68. The van der Waals surface area contributed by atoms with E-state index in [0.29, 0.717) is 47.3 Å². The lowest BCUT2D eigenvalue weighted by Crippen LogP contribution is -2.59. The number of anilines is 2. The van der Waals surface area contributed by atoms with Crippen LogP contribution >= 0.6 is 0 Å². The summed E-state index contributed by atoms with van der Waals surface area (Å²) in [5.74, 6) is 5.74. The van der Waals surface area contributed by atoms with Crippen molar-refractivity contribution in [1.82, 2.24) is 5.32 Å². The number of nitrogens with one attached hydrogen (secondary N) is 1. The van der Waals surface area contributed by atoms with Gasteiger partial charge in [-0.15, -0.1) is 0 Å². The molecule has 0 aliphatic heterocycles. The molecule has 0 radical (unpaired) electrons. The van der Waals surface area contributed by atoms with E-state index in [1.807, 2.05) is 42.5 Å². The van der Waals surface area contributed by atoms with Gasteiger partial charge in [-0.3, -0.25) is 4.79 Å². The molecule has 0 aromatic heterocycles. The summed E-state index contributed by atoms with van der Waals surface area (Å²) in [7, 11) is 0. The molecule has 1 amide bonds. The number of hydrogen-bond acceptors (Lipinski definition) is 5. The van der Waals surface area contributed by atoms with Gasteiger partial charge in [-0.05, 0) is 129 Å². The Labute approximate surface area is 284 Å². The summed E-state index contributed by atoms with van der Waals surface area (Å²) < 4.78 is 13.6. The van der Waals surface area contributed by atoms with Crippen LogP contribution in [0.2, 0.25) is 0 Å². The van der Waals surface area contributed by atoms with E-state index < -0.39 is 0 Å². The largest absolute Gasteiger partial charge is 0.490 e. The third-order valence-electron chi connectivity index (χ3n) is 13.6. The quantitative estimate of drug-likeness (QED) is 0.158. The van der Waals surface area contributed by atoms with Gasteiger partial charge in [0.1, 0.15) is 17.6 Å². The monoisotopic (exact) mass is 643 g/mol. The van der Waals surface area contributed by atoms with E-state index in [-0.39, 0.29) is 23.5 Å². The lowest BCUT2D eigenvalue weighted by Gasteiger charge is -2.63. The lowest BCUT2D eigenvalue weighted by atomic mass is 9.43. The van der Waals surface area contributed by atoms with Crippen molar-refractivity contribution in [1.29, 1.82) is 0 Å². The summed E-state index contributed by atoms with van der Waals surface area (Å²) in [5, 5.41) is 3.17. The molecule has 47 heavy (non-hydrogen) atoms. The van der Waals surface area contributed by atoms with Crippen molar-refractivity contribution in [2.75, 3.05) is 18.0 Å². The van der Waals surface area contributed by atoms with Gasteiger partial charge in [0, 0.05) is 42.4 Å². The van der Waals surface area contributed by atoms with Crippen LogP contribution in [0, 0.1) is 46.3 Å².